The molecule has 1 N–H and O–H groups in total. The van der Waals surface area contributed by atoms with Crippen LogP contribution in [0.4, 0.5) is 14.0 Å². The highest BCUT2D eigenvalue weighted by Gasteiger charge is 2.47. The molecule has 0 unspecified atom stereocenters. The number of carbonyl (C=O) groups excluding carboxylic acids is 2. The third-order valence-electron chi connectivity index (χ3n) is 5.80. The van der Waals surface area contributed by atoms with Gasteiger partial charge in [-0.25, -0.2) is 14.0 Å². The summed E-state index contributed by atoms with van der Waals surface area (Å²) in [5.41, 5.74) is 1.83. The van der Waals surface area contributed by atoms with Crippen LogP contribution >= 0.6 is 0 Å². The van der Waals surface area contributed by atoms with Crippen molar-refractivity contribution in [3.63, 3.8) is 0 Å². The van der Waals surface area contributed by atoms with Gasteiger partial charge in [0.05, 0.1) is 11.6 Å². The van der Waals surface area contributed by atoms with Crippen LogP contribution in [0.5, 0.6) is 0 Å². The van der Waals surface area contributed by atoms with E-state index in [4.69, 9.17) is 9.47 Å². The molecule has 0 saturated heterocycles. The molecule has 170 valence electrons. The Morgan fingerprint density at radius 3 is 2.47 bits per heavy atom. The molecule has 32 heavy (non-hydrogen) atoms. The van der Waals surface area contributed by atoms with E-state index in [9.17, 15) is 14.0 Å². The molecule has 1 fully saturated rings. The largest absolute Gasteiger partial charge is 0.447 e. The minimum absolute atomic E-state index is 0.0827. The molecule has 1 saturated carbocycles. The Balaban J connectivity index is 1.48. The topological polar surface area (TPSA) is 67.9 Å². The van der Waals surface area contributed by atoms with Gasteiger partial charge in [0.15, 0.2) is 0 Å². The number of carbonyl (C=O) groups is 2. The second-order valence-electron chi connectivity index (χ2n) is 9.56. The van der Waals surface area contributed by atoms with Crippen LogP contribution in [0.15, 0.2) is 48.5 Å². The maximum absolute atomic E-state index is 13.5. The quantitative estimate of drug-likeness (QED) is 0.729. The van der Waals surface area contributed by atoms with Crippen LogP contribution in [0, 0.1) is 5.82 Å². The SMILES string of the molecule is CC(C)(C)OC(=O)NC1(COC(=O)N2CCc3ccccc3[C@@H]2c2ccc(F)cc2)CC1. The fourth-order valence-electron chi connectivity index (χ4n) is 4.03. The Kier molecular flexibility index (Phi) is 5.84. The molecule has 6 nitrogen and oxygen atoms in total. The van der Waals surface area contributed by atoms with Crippen molar-refractivity contribution in [1.82, 2.24) is 10.2 Å². The molecule has 0 radical (unpaired) electrons. The number of nitrogens with zero attached hydrogens (tertiary/aromatic N) is 1. The van der Waals surface area contributed by atoms with Crippen molar-refractivity contribution < 1.29 is 23.5 Å². The molecular formula is C25H29FN2O4. The van der Waals surface area contributed by atoms with Crippen molar-refractivity contribution in [1.29, 1.82) is 0 Å². The van der Waals surface area contributed by atoms with Crippen LogP contribution in [-0.4, -0.2) is 41.4 Å². The van der Waals surface area contributed by atoms with Crippen molar-refractivity contribution in [2.45, 2.75) is 57.2 Å². The fourth-order valence-corrected chi connectivity index (χ4v) is 4.03. The molecule has 2 aromatic rings. The smallest absolute Gasteiger partial charge is 0.410 e. The summed E-state index contributed by atoms with van der Waals surface area (Å²) in [5, 5.41) is 2.85. The zero-order valence-electron chi connectivity index (χ0n) is 18.7. The number of halogens is 1. The van der Waals surface area contributed by atoms with E-state index >= 15 is 0 Å². The van der Waals surface area contributed by atoms with E-state index in [1.165, 1.54) is 12.1 Å². The summed E-state index contributed by atoms with van der Waals surface area (Å²) >= 11 is 0. The first-order chi connectivity index (χ1) is 15.2. The highest BCUT2D eigenvalue weighted by Crippen LogP contribution is 2.38. The van der Waals surface area contributed by atoms with E-state index in [-0.39, 0.29) is 18.5 Å². The van der Waals surface area contributed by atoms with Crippen LogP contribution in [0.25, 0.3) is 0 Å². The van der Waals surface area contributed by atoms with Crippen molar-refractivity contribution in [2.75, 3.05) is 13.2 Å². The molecule has 1 aliphatic carbocycles. The van der Waals surface area contributed by atoms with Gasteiger partial charge in [-0.05, 0) is 68.9 Å². The number of hydrogen-bond donors (Lipinski definition) is 1. The monoisotopic (exact) mass is 440 g/mol. The van der Waals surface area contributed by atoms with Crippen molar-refractivity contribution in [2.24, 2.45) is 0 Å². The van der Waals surface area contributed by atoms with Crippen molar-refractivity contribution in [3.05, 3.63) is 71.0 Å². The Bertz CT molecular complexity index is 996. The Hall–Kier alpha value is -3.09. The predicted octanol–water partition coefficient (Wildman–Crippen LogP) is 4.97. The zero-order chi connectivity index (χ0) is 22.9. The van der Waals surface area contributed by atoms with E-state index < -0.39 is 23.3 Å². The molecule has 4 rings (SSSR count). The fraction of sp³-hybridized carbons (Fsp3) is 0.440. The Morgan fingerprint density at radius 1 is 1.12 bits per heavy atom. The maximum atomic E-state index is 13.5. The number of ether oxygens (including phenoxy) is 2. The Morgan fingerprint density at radius 2 is 1.81 bits per heavy atom. The van der Waals surface area contributed by atoms with E-state index in [0.717, 1.165) is 29.5 Å². The normalized spacial score (nSPS) is 19.0. The number of alkyl carbamates (subject to hydrolysis) is 1. The van der Waals surface area contributed by atoms with Crippen LogP contribution in [0.3, 0.4) is 0 Å². The molecule has 1 atom stereocenters. The molecular weight excluding hydrogens is 411 g/mol. The van der Waals surface area contributed by atoms with E-state index in [0.29, 0.717) is 13.0 Å². The number of amides is 2. The minimum atomic E-state index is -0.597. The average Bonchev–Trinajstić information content (AvgIpc) is 3.50. The first-order valence-electron chi connectivity index (χ1n) is 10.9. The molecule has 0 spiro atoms. The second-order valence-corrected chi connectivity index (χ2v) is 9.56. The lowest BCUT2D eigenvalue weighted by molar-refractivity contribution is 0.0423. The standard InChI is InChI=1S/C25H29FN2O4/c1-24(2,3)32-22(29)27-25(13-14-25)16-31-23(30)28-15-12-17-6-4-5-7-20(17)21(28)18-8-10-19(26)11-9-18/h4-11,21H,12-16H2,1-3H3,(H,27,29)/t21-/m0/s1. The van der Waals surface area contributed by atoms with Gasteiger partial charge in [0.25, 0.3) is 0 Å². The molecule has 2 aromatic carbocycles. The van der Waals surface area contributed by atoms with Gasteiger partial charge in [0, 0.05) is 6.54 Å². The number of fused-ring (bicyclic) bond motifs is 1. The number of nitrogens with one attached hydrogen (secondary N) is 1. The zero-order valence-corrected chi connectivity index (χ0v) is 18.7. The van der Waals surface area contributed by atoms with E-state index in [1.807, 2.05) is 18.2 Å². The lowest BCUT2D eigenvalue weighted by atomic mass is 9.88. The van der Waals surface area contributed by atoms with Gasteiger partial charge in [-0.3, -0.25) is 4.90 Å². The summed E-state index contributed by atoms with van der Waals surface area (Å²) in [7, 11) is 0. The van der Waals surface area contributed by atoms with Gasteiger partial charge in [-0.15, -0.1) is 0 Å². The van der Waals surface area contributed by atoms with Gasteiger partial charge < -0.3 is 14.8 Å². The third kappa shape index (κ3) is 5.03. The van der Waals surface area contributed by atoms with Gasteiger partial charge in [-0.1, -0.05) is 36.4 Å². The molecule has 1 heterocycles. The van der Waals surface area contributed by atoms with Crippen molar-refractivity contribution >= 4 is 12.2 Å². The van der Waals surface area contributed by atoms with Crippen molar-refractivity contribution in [3.8, 4) is 0 Å². The Labute approximate surface area is 187 Å². The van der Waals surface area contributed by atoms with Crippen LogP contribution in [-0.2, 0) is 15.9 Å². The maximum Gasteiger partial charge on any atom is 0.410 e. The summed E-state index contributed by atoms with van der Waals surface area (Å²) in [6, 6.07) is 13.8. The van der Waals surface area contributed by atoms with Gasteiger partial charge in [0.1, 0.15) is 18.0 Å². The second kappa shape index (κ2) is 8.45. The summed E-state index contributed by atoms with van der Waals surface area (Å²) in [5.74, 6) is -0.323. The molecule has 2 aliphatic rings. The highest BCUT2D eigenvalue weighted by molar-refractivity contribution is 5.71. The summed E-state index contributed by atoms with van der Waals surface area (Å²) in [6.45, 7) is 5.98. The highest BCUT2D eigenvalue weighted by atomic mass is 19.1. The first kappa shape index (κ1) is 22.1. The lowest BCUT2D eigenvalue weighted by Crippen LogP contribution is -2.46. The number of hydrogen-bond acceptors (Lipinski definition) is 4. The molecule has 7 heteroatoms. The molecule has 0 bridgehead atoms. The summed E-state index contributed by atoms with van der Waals surface area (Å²) < 4.78 is 24.5. The van der Waals surface area contributed by atoms with E-state index in [1.54, 1.807) is 37.8 Å². The van der Waals surface area contributed by atoms with Gasteiger partial charge >= 0.3 is 12.2 Å². The van der Waals surface area contributed by atoms with E-state index in [2.05, 4.69) is 11.4 Å². The minimum Gasteiger partial charge on any atom is -0.447 e. The van der Waals surface area contributed by atoms with Gasteiger partial charge in [-0.2, -0.15) is 0 Å². The average molecular weight is 441 g/mol. The predicted molar refractivity (Wildman–Crippen MR) is 118 cm³/mol. The molecule has 2 amide bonds. The van der Waals surface area contributed by atoms with Gasteiger partial charge in [0.2, 0.25) is 0 Å². The number of benzene rings is 2. The summed E-state index contributed by atoms with van der Waals surface area (Å²) in [4.78, 5) is 27.0. The third-order valence-corrected chi connectivity index (χ3v) is 5.80. The van der Waals surface area contributed by atoms with Crippen LogP contribution in [0.2, 0.25) is 0 Å². The van der Waals surface area contributed by atoms with Crippen LogP contribution in [0.1, 0.15) is 56.3 Å². The number of rotatable bonds is 4. The lowest BCUT2D eigenvalue weighted by Gasteiger charge is -2.37. The van der Waals surface area contributed by atoms with Crippen LogP contribution < -0.4 is 5.32 Å². The molecule has 0 aromatic heterocycles. The first-order valence-corrected chi connectivity index (χ1v) is 10.9. The molecule has 1 aliphatic heterocycles. The summed E-state index contributed by atoms with van der Waals surface area (Å²) in [6.07, 6.45) is 1.20.